The van der Waals surface area contributed by atoms with Crippen molar-refractivity contribution in [2.24, 2.45) is 0 Å². The number of para-hydroxylation sites is 1. The molecule has 4 aromatic rings. The van der Waals surface area contributed by atoms with Crippen LogP contribution in [0.3, 0.4) is 0 Å². The zero-order chi connectivity index (χ0) is 22.1. The second-order valence-electron chi connectivity index (χ2n) is 7.68. The molecule has 160 valence electrons. The first-order valence-electron chi connectivity index (χ1n) is 10.4. The first-order chi connectivity index (χ1) is 15.6. The molecule has 1 aliphatic rings. The summed E-state index contributed by atoms with van der Waals surface area (Å²) in [6.07, 6.45) is 4.13. The molecule has 0 bridgehead atoms. The van der Waals surface area contributed by atoms with Gasteiger partial charge in [-0.2, -0.15) is 0 Å². The second kappa shape index (κ2) is 8.77. The van der Waals surface area contributed by atoms with E-state index in [0.29, 0.717) is 17.3 Å². The van der Waals surface area contributed by atoms with Crippen molar-refractivity contribution in [3.05, 3.63) is 113 Å². The topological polar surface area (TPSA) is 37.3 Å². The van der Waals surface area contributed by atoms with E-state index >= 15 is 0 Å². The molecule has 5 rings (SSSR count). The Morgan fingerprint density at radius 1 is 1.00 bits per heavy atom. The Labute approximate surface area is 196 Å². The molecule has 0 saturated heterocycles. The summed E-state index contributed by atoms with van der Waals surface area (Å²) < 4.78 is 2.19. The number of anilines is 1. The van der Waals surface area contributed by atoms with E-state index in [-0.39, 0.29) is 12.1 Å². The molecule has 2 heterocycles. The third kappa shape index (κ3) is 3.90. The zero-order valence-corrected chi connectivity index (χ0v) is 19.1. The number of hydrogen-bond donors (Lipinski definition) is 1. The summed E-state index contributed by atoms with van der Waals surface area (Å²) in [5.74, 6) is 0. The average Bonchev–Trinajstić information content (AvgIpc) is 3.23. The molecule has 1 N–H and O–H groups in total. The number of hydrogen-bond acceptors (Lipinski definition) is 2. The number of benzene rings is 3. The van der Waals surface area contributed by atoms with Gasteiger partial charge in [0.05, 0.1) is 18.3 Å². The van der Waals surface area contributed by atoms with Crippen LogP contribution >= 0.6 is 23.4 Å². The number of amides is 2. The normalized spacial score (nSPS) is 14.9. The van der Waals surface area contributed by atoms with Crippen LogP contribution in [-0.4, -0.2) is 21.8 Å². The van der Waals surface area contributed by atoms with Crippen LogP contribution in [0.2, 0.25) is 5.02 Å². The minimum atomic E-state index is -0.243. The summed E-state index contributed by atoms with van der Waals surface area (Å²) >= 11 is 7.85. The van der Waals surface area contributed by atoms with Crippen LogP contribution in [0.5, 0.6) is 0 Å². The molecular formula is C26H22ClN3OS. The Bertz CT molecular complexity index is 1270. The maximum Gasteiger partial charge on any atom is 0.322 e. The highest BCUT2D eigenvalue weighted by Gasteiger charge is 2.33. The Hall–Kier alpha value is -3.15. The van der Waals surface area contributed by atoms with Gasteiger partial charge in [0.15, 0.2) is 0 Å². The monoisotopic (exact) mass is 459 g/mol. The smallest absolute Gasteiger partial charge is 0.318 e. The molecule has 4 nitrogen and oxygen atoms in total. The number of fused-ring (bicyclic) bond motifs is 3. The molecule has 0 fully saturated rings. The van der Waals surface area contributed by atoms with E-state index in [9.17, 15) is 4.79 Å². The lowest BCUT2D eigenvalue weighted by Gasteiger charge is -2.31. The minimum absolute atomic E-state index is 0.171. The fourth-order valence-corrected chi connectivity index (χ4v) is 4.84. The average molecular weight is 460 g/mol. The quantitative estimate of drug-likeness (QED) is 0.335. The fraction of sp³-hybridized carbons (Fsp3) is 0.115. The van der Waals surface area contributed by atoms with Crippen molar-refractivity contribution in [2.45, 2.75) is 17.5 Å². The van der Waals surface area contributed by atoms with Crippen LogP contribution < -0.4 is 5.32 Å². The van der Waals surface area contributed by atoms with E-state index in [1.54, 1.807) is 23.9 Å². The summed E-state index contributed by atoms with van der Waals surface area (Å²) in [5.41, 5.74) is 4.97. The van der Waals surface area contributed by atoms with Crippen LogP contribution in [0.1, 0.15) is 22.9 Å². The van der Waals surface area contributed by atoms with Gasteiger partial charge in [0.25, 0.3) is 0 Å². The number of nitrogens with zero attached hydrogens (tertiary/aromatic N) is 2. The number of carbonyl (C=O) groups is 1. The maximum atomic E-state index is 13.6. The molecule has 1 aliphatic heterocycles. The van der Waals surface area contributed by atoms with Crippen molar-refractivity contribution in [2.75, 3.05) is 11.6 Å². The molecule has 2 amide bonds. The summed E-state index contributed by atoms with van der Waals surface area (Å²) in [4.78, 5) is 16.7. The molecule has 3 aromatic carbocycles. The van der Waals surface area contributed by atoms with Crippen molar-refractivity contribution < 1.29 is 4.79 Å². The van der Waals surface area contributed by atoms with Gasteiger partial charge in [-0.3, -0.25) is 0 Å². The van der Waals surface area contributed by atoms with Crippen LogP contribution in [0, 0.1) is 0 Å². The zero-order valence-electron chi connectivity index (χ0n) is 17.5. The van der Waals surface area contributed by atoms with E-state index in [1.165, 1.54) is 4.90 Å². The van der Waals surface area contributed by atoms with Gasteiger partial charge in [0.1, 0.15) is 0 Å². The van der Waals surface area contributed by atoms with Gasteiger partial charge >= 0.3 is 6.03 Å². The van der Waals surface area contributed by atoms with E-state index in [0.717, 1.165) is 22.5 Å². The molecule has 6 heteroatoms. The number of nitrogens with one attached hydrogen (secondary N) is 1. The van der Waals surface area contributed by atoms with Crippen molar-refractivity contribution in [3.8, 4) is 5.69 Å². The molecule has 1 aromatic heterocycles. The molecule has 0 radical (unpaired) electrons. The lowest BCUT2D eigenvalue weighted by atomic mass is 10.0. The molecule has 32 heavy (non-hydrogen) atoms. The van der Waals surface area contributed by atoms with Gasteiger partial charge in [-0.15, -0.1) is 11.8 Å². The molecule has 0 aliphatic carbocycles. The summed E-state index contributed by atoms with van der Waals surface area (Å²) in [6, 6.07) is 27.6. The molecule has 0 saturated carbocycles. The number of halogens is 1. The van der Waals surface area contributed by atoms with Gasteiger partial charge in [0.2, 0.25) is 0 Å². The highest BCUT2D eigenvalue weighted by Crippen LogP contribution is 2.37. The Morgan fingerprint density at radius 2 is 1.81 bits per heavy atom. The van der Waals surface area contributed by atoms with Gasteiger partial charge < -0.3 is 14.8 Å². The first-order valence-corrected chi connectivity index (χ1v) is 12.0. The largest absolute Gasteiger partial charge is 0.322 e. The van der Waals surface area contributed by atoms with Crippen LogP contribution in [0.4, 0.5) is 10.5 Å². The van der Waals surface area contributed by atoms with E-state index in [4.69, 9.17) is 11.6 Å². The van der Waals surface area contributed by atoms with Crippen molar-refractivity contribution >= 4 is 35.1 Å². The first kappa shape index (κ1) is 20.7. The Kier molecular flexibility index (Phi) is 5.68. The van der Waals surface area contributed by atoms with E-state index < -0.39 is 0 Å². The molecular weight excluding hydrogens is 438 g/mol. The lowest BCUT2D eigenvalue weighted by Crippen LogP contribution is -2.37. The fourth-order valence-electron chi connectivity index (χ4n) is 4.24. The van der Waals surface area contributed by atoms with Crippen molar-refractivity contribution in [1.29, 1.82) is 0 Å². The maximum absolute atomic E-state index is 13.6. The highest BCUT2D eigenvalue weighted by molar-refractivity contribution is 7.98. The number of urea groups is 1. The standard InChI is InChI=1S/C26H22ClN3OS/c1-32-22-13-11-18(12-14-22)25-24-10-5-15-29(24)23-9-3-2-6-19(23)17-30(25)26(31)28-21-8-4-7-20(27)16-21/h2-16,25H,17H2,1H3,(H,28,31). The van der Waals surface area contributed by atoms with E-state index in [2.05, 4.69) is 64.8 Å². The number of rotatable bonds is 3. The third-order valence-electron chi connectivity index (χ3n) is 5.73. The molecule has 0 spiro atoms. The minimum Gasteiger partial charge on any atom is -0.318 e. The van der Waals surface area contributed by atoms with Crippen LogP contribution in [0.15, 0.2) is 96.0 Å². The third-order valence-corrected chi connectivity index (χ3v) is 6.71. The van der Waals surface area contributed by atoms with Gasteiger partial charge in [-0.25, -0.2) is 4.79 Å². The number of thioether (sulfide) groups is 1. The summed E-state index contributed by atoms with van der Waals surface area (Å²) in [7, 11) is 0. The predicted octanol–water partition coefficient (Wildman–Crippen LogP) is 6.99. The van der Waals surface area contributed by atoms with Crippen LogP contribution in [0.25, 0.3) is 5.69 Å². The summed E-state index contributed by atoms with van der Waals surface area (Å²) in [5, 5.41) is 3.63. The second-order valence-corrected chi connectivity index (χ2v) is 8.99. The Balaban J connectivity index is 1.62. The van der Waals surface area contributed by atoms with Gasteiger partial charge in [-0.05, 0) is 65.9 Å². The summed E-state index contributed by atoms with van der Waals surface area (Å²) in [6.45, 7) is 0.485. The van der Waals surface area contributed by atoms with Gasteiger partial charge in [-0.1, -0.05) is 48.0 Å². The number of carbonyl (C=O) groups excluding carboxylic acids is 1. The van der Waals surface area contributed by atoms with Gasteiger partial charge in [0, 0.05) is 27.5 Å². The van der Waals surface area contributed by atoms with Crippen LogP contribution in [-0.2, 0) is 6.54 Å². The number of aromatic nitrogens is 1. The molecule has 1 atom stereocenters. The SMILES string of the molecule is CSc1ccc(C2c3cccn3-c3ccccc3CN2C(=O)Nc2cccc(Cl)c2)cc1. The molecule has 1 unspecified atom stereocenters. The van der Waals surface area contributed by atoms with E-state index in [1.807, 2.05) is 35.2 Å². The van der Waals surface area contributed by atoms with Crippen molar-refractivity contribution in [1.82, 2.24) is 9.47 Å². The highest BCUT2D eigenvalue weighted by atomic mass is 35.5. The Morgan fingerprint density at radius 3 is 2.59 bits per heavy atom. The lowest BCUT2D eigenvalue weighted by molar-refractivity contribution is 0.194. The predicted molar refractivity (Wildman–Crippen MR) is 132 cm³/mol. The van der Waals surface area contributed by atoms with Crippen molar-refractivity contribution in [3.63, 3.8) is 0 Å².